The van der Waals surface area contributed by atoms with E-state index in [1.54, 1.807) is 0 Å². The van der Waals surface area contributed by atoms with Gasteiger partial charge in [-0.05, 0) is 52.4 Å². The van der Waals surface area contributed by atoms with Crippen molar-refractivity contribution in [1.82, 2.24) is 5.32 Å². The number of halogens is 1. The number of hydrogen-bond acceptors (Lipinski definition) is 4. The van der Waals surface area contributed by atoms with Crippen molar-refractivity contribution in [3.8, 4) is 11.5 Å². The standard InChI is InChI=1S/C16H22BrNO3/c17-13-7-11(8-15-16(13)21-6-2-5-20-15)9-18-10-12-3-1-4-14(12)19/h7-8,12,14,18-19H,1-6,9-10H2. The highest BCUT2D eigenvalue weighted by molar-refractivity contribution is 9.10. The molecule has 1 aliphatic carbocycles. The van der Waals surface area contributed by atoms with Crippen LogP contribution in [0.4, 0.5) is 0 Å². The lowest BCUT2D eigenvalue weighted by molar-refractivity contribution is 0.131. The molecule has 1 saturated carbocycles. The van der Waals surface area contributed by atoms with Gasteiger partial charge >= 0.3 is 0 Å². The molecule has 1 aliphatic heterocycles. The van der Waals surface area contributed by atoms with Crippen molar-refractivity contribution in [3.63, 3.8) is 0 Å². The third kappa shape index (κ3) is 3.71. The smallest absolute Gasteiger partial charge is 0.175 e. The molecule has 2 unspecified atom stereocenters. The summed E-state index contributed by atoms with van der Waals surface area (Å²) >= 11 is 3.56. The number of nitrogens with one attached hydrogen (secondary N) is 1. The first kappa shape index (κ1) is 15.1. The van der Waals surface area contributed by atoms with E-state index in [1.807, 2.05) is 6.07 Å². The zero-order valence-electron chi connectivity index (χ0n) is 12.1. The summed E-state index contributed by atoms with van der Waals surface area (Å²) in [6.07, 6.45) is 3.99. The summed E-state index contributed by atoms with van der Waals surface area (Å²) in [5.41, 5.74) is 1.17. The van der Waals surface area contributed by atoms with Crippen LogP contribution in [-0.4, -0.2) is 31.0 Å². The number of aliphatic hydroxyl groups is 1. The van der Waals surface area contributed by atoms with Crippen molar-refractivity contribution >= 4 is 15.9 Å². The van der Waals surface area contributed by atoms with E-state index in [0.29, 0.717) is 19.1 Å². The van der Waals surface area contributed by atoms with Gasteiger partial charge in [-0.3, -0.25) is 0 Å². The van der Waals surface area contributed by atoms with Crippen molar-refractivity contribution < 1.29 is 14.6 Å². The Morgan fingerprint density at radius 3 is 2.86 bits per heavy atom. The van der Waals surface area contributed by atoms with Gasteiger partial charge in [0, 0.05) is 19.5 Å². The number of hydrogen-bond donors (Lipinski definition) is 2. The van der Waals surface area contributed by atoms with Crippen LogP contribution < -0.4 is 14.8 Å². The van der Waals surface area contributed by atoms with Crippen LogP contribution in [0.3, 0.4) is 0 Å². The van der Waals surface area contributed by atoms with Crippen molar-refractivity contribution in [2.75, 3.05) is 19.8 Å². The van der Waals surface area contributed by atoms with E-state index in [2.05, 4.69) is 27.3 Å². The van der Waals surface area contributed by atoms with Gasteiger partial charge in [0.15, 0.2) is 11.5 Å². The first-order valence-corrected chi connectivity index (χ1v) is 8.50. The summed E-state index contributed by atoms with van der Waals surface area (Å²) < 4.78 is 12.4. The van der Waals surface area contributed by atoms with Crippen LogP contribution in [0.2, 0.25) is 0 Å². The molecule has 1 heterocycles. The molecular formula is C16H22BrNO3. The largest absolute Gasteiger partial charge is 0.490 e. The molecule has 2 aliphatic rings. The van der Waals surface area contributed by atoms with Gasteiger partial charge in [-0.1, -0.05) is 6.42 Å². The zero-order valence-corrected chi connectivity index (χ0v) is 13.7. The van der Waals surface area contributed by atoms with Crippen LogP contribution in [0.25, 0.3) is 0 Å². The van der Waals surface area contributed by atoms with Gasteiger partial charge in [-0.25, -0.2) is 0 Å². The summed E-state index contributed by atoms with van der Waals surface area (Å²) in [5, 5.41) is 13.3. The summed E-state index contributed by atoms with van der Waals surface area (Å²) in [4.78, 5) is 0. The minimum absolute atomic E-state index is 0.131. The van der Waals surface area contributed by atoms with Gasteiger partial charge in [0.05, 0.1) is 23.8 Å². The van der Waals surface area contributed by atoms with Crippen LogP contribution in [0, 0.1) is 5.92 Å². The molecule has 0 spiro atoms. The lowest BCUT2D eigenvalue weighted by Crippen LogP contribution is -2.27. The molecule has 1 fully saturated rings. The van der Waals surface area contributed by atoms with Gasteiger partial charge in [0.1, 0.15) is 0 Å². The van der Waals surface area contributed by atoms with Crippen molar-refractivity contribution in [2.45, 2.75) is 38.3 Å². The monoisotopic (exact) mass is 355 g/mol. The Hall–Kier alpha value is -0.780. The Morgan fingerprint density at radius 2 is 2.05 bits per heavy atom. The Morgan fingerprint density at radius 1 is 1.19 bits per heavy atom. The van der Waals surface area contributed by atoms with E-state index >= 15 is 0 Å². The molecule has 2 atom stereocenters. The van der Waals surface area contributed by atoms with Gasteiger partial charge in [-0.2, -0.15) is 0 Å². The van der Waals surface area contributed by atoms with Gasteiger partial charge in [-0.15, -0.1) is 0 Å². The number of fused-ring (bicyclic) bond motifs is 1. The minimum Gasteiger partial charge on any atom is -0.490 e. The Kier molecular flexibility index (Phi) is 5.03. The van der Waals surface area contributed by atoms with Crippen molar-refractivity contribution in [3.05, 3.63) is 22.2 Å². The molecule has 5 heteroatoms. The molecule has 2 N–H and O–H groups in total. The predicted molar refractivity (Wildman–Crippen MR) is 84.8 cm³/mol. The van der Waals surface area contributed by atoms with Crippen LogP contribution in [0.5, 0.6) is 11.5 Å². The summed E-state index contributed by atoms with van der Waals surface area (Å²) in [5.74, 6) is 2.02. The average Bonchev–Trinajstić information content (AvgIpc) is 2.73. The lowest BCUT2D eigenvalue weighted by Gasteiger charge is -2.16. The Bertz CT molecular complexity index is 495. The Labute approximate surface area is 134 Å². The zero-order chi connectivity index (χ0) is 14.7. The number of aliphatic hydroxyl groups excluding tert-OH is 1. The maximum Gasteiger partial charge on any atom is 0.175 e. The molecule has 21 heavy (non-hydrogen) atoms. The second-order valence-corrected chi connectivity index (χ2v) is 6.70. The van der Waals surface area contributed by atoms with E-state index < -0.39 is 0 Å². The van der Waals surface area contributed by atoms with Gasteiger partial charge in [0.25, 0.3) is 0 Å². The summed E-state index contributed by atoms with van der Waals surface area (Å²) in [6, 6.07) is 4.12. The predicted octanol–water partition coefficient (Wildman–Crippen LogP) is 2.86. The fourth-order valence-electron chi connectivity index (χ4n) is 3.04. The Balaban J connectivity index is 1.60. The molecular weight excluding hydrogens is 334 g/mol. The minimum atomic E-state index is -0.131. The first-order valence-electron chi connectivity index (χ1n) is 7.71. The van der Waals surface area contributed by atoms with Crippen molar-refractivity contribution in [1.29, 1.82) is 0 Å². The van der Waals surface area contributed by atoms with Gasteiger partial charge in [0.2, 0.25) is 0 Å². The SMILES string of the molecule is OC1CCCC1CNCc1cc(Br)c2c(c1)OCCCO2. The summed E-state index contributed by atoms with van der Waals surface area (Å²) in [7, 11) is 0. The van der Waals surface area contributed by atoms with Crippen molar-refractivity contribution in [2.24, 2.45) is 5.92 Å². The molecule has 0 aromatic heterocycles. The fourth-order valence-corrected chi connectivity index (χ4v) is 3.65. The van der Waals surface area contributed by atoms with E-state index in [1.165, 1.54) is 5.56 Å². The molecule has 4 nitrogen and oxygen atoms in total. The molecule has 1 aromatic rings. The lowest BCUT2D eigenvalue weighted by atomic mass is 10.1. The maximum atomic E-state index is 9.84. The number of rotatable bonds is 4. The van der Waals surface area contributed by atoms with Crippen LogP contribution >= 0.6 is 15.9 Å². The molecule has 116 valence electrons. The van der Waals surface area contributed by atoms with E-state index in [4.69, 9.17) is 9.47 Å². The van der Waals surface area contributed by atoms with Gasteiger partial charge < -0.3 is 19.9 Å². The molecule has 0 saturated heterocycles. The molecule has 0 bridgehead atoms. The van der Waals surface area contributed by atoms with Crippen LogP contribution in [0.1, 0.15) is 31.2 Å². The highest BCUT2D eigenvalue weighted by Crippen LogP contribution is 2.38. The number of benzene rings is 1. The second kappa shape index (κ2) is 6.99. The highest BCUT2D eigenvalue weighted by Gasteiger charge is 2.24. The quantitative estimate of drug-likeness (QED) is 0.871. The fraction of sp³-hybridized carbons (Fsp3) is 0.625. The first-order chi connectivity index (χ1) is 10.2. The summed E-state index contributed by atoms with van der Waals surface area (Å²) in [6.45, 7) is 3.04. The van der Waals surface area contributed by atoms with Crippen LogP contribution in [-0.2, 0) is 6.54 Å². The number of ether oxygens (including phenoxy) is 2. The maximum absolute atomic E-state index is 9.84. The highest BCUT2D eigenvalue weighted by atomic mass is 79.9. The van der Waals surface area contributed by atoms with E-state index in [-0.39, 0.29) is 6.10 Å². The third-order valence-corrected chi connectivity index (χ3v) is 4.81. The normalized spacial score (nSPS) is 24.9. The molecule has 3 rings (SSSR count). The second-order valence-electron chi connectivity index (χ2n) is 5.84. The topological polar surface area (TPSA) is 50.7 Å². The molecule has 0 amide bonds. The third-order valence-electron chi connectivity index (χ3n) is 4.22. The average molecular weight is 356 g/mol. The molecule has 0 radical (unpaired) electrons. The van der Waals surface area contributed by atoms with E-state index in [9.17, 15) is 5.11 Å². The molecule has 1 aromatic carbocycles. The van der Waals surface area contributed by atoms with E-state index in [0.717, 1.165) is 54.7 Å². The van der Waals surface area contributed by atoms with Crippen LogP contribution in [0.15, 0.2) is 16.6 Å².